The Balaban J connectivity index is 2.27. The number of aliphatic imine (C=N–C) groups is 1. The fourth-order valence-electron chi connectivity index (χ4n) is 1.67. The number of benzene rings is 1. The van der Waals surface area contributed by atoms with Crippen molar-refractivity contribution in [2.24, 2.45) is 4.99 Å². The van der Waals surface area contributed by atoms with Gasteiger partial charge in [-0.15, -0.1) is 11.8 Å². The summed E-state index contributed by atoms with van der Waals surface area (Å²) in [6.45, 7) is 2.17. The lowest BCUT2D eigenvalue weighted by molar-refractivity contribution is 0.727. The molecule has 0 saturated carbocycles. The summed E-state index contributed by atoms with van der Waals surface area (Å²) in [5, 5.41) is 1.28. The van der Waals surface area contributed by atoms with E-state index in [9.17, 15) is 0 Å². The Morgan fingerprint density at radius 1 is 1.40 bits per heavy atom. The van der Waals surface area contributed by atoms with Crippen LogP contribution in [0.4, 0.5) is 0 Å². The molecule has 0 aromatic heterocycles. The number of rotatable bonds is 2. The zero-order chi connectivity index (χ0) is 10.7. The highest BCUT2D eigenvalue weighted by Gasteiger charge is 2.24. The van der Waals surface area contributed by atoms with Crippen LogP contribution in [0.2, 0.25) is 0 Å². The molecule has 0 radical (unpaired) electrons. The monoisotopic (exact) mass is 283 g/mol. The average molecular weight is 284 g/mol. The van der Waals surface area contributed by atoms with Gasteiger partial charge in [-0.3, -0.25) is 4.99 Å². The Kier molecular flexibility index (Phi) is 3.87. The molecule has 2 atom stereocenters. The van der Waals surface area contributed by atoms with Crippen molar-refractivity contribution >= 4 is 32.7 Å². The Morgan fingerprint density at radius 2 is 2.13 bits per heavy atom. The predicted molar refractivity (Wildman–Crippen MR) is 72.1 cm³/mol. The average Bonchev–Trinajstić information content (AvgIpc) is 2.31. The summed E-state index contributed by atoms with van der Waals surface area (Å²) in [7, 11) is 0. The van der Waals surface area contributed by atoms with E-state index < -0.39 is 0 Å². The minimum atomic E-state index is 0.294. The summed E-state index contributed by atoms with van der Waals surface area (Å²) < 4.78 is 0. The molecule has 3 heteroatoms. The molecule has 1 aromatic rings. The summed E-state index contributed by atoms with van der Waals surface area (Å²) >= 11 is 5.59. The van der Waals surface area contributed by atoms with E-state index in [4.69, 9.17) is 4.99 Å². The first-order valence-electron chi connectivity index (χ1n) is 5.19. The highest BCUT2D eigenvalue weighted by Crippen LogP contribution is 2.34. The summed E-state index contributed by atoms with van der Waals surface area (Å²) in [6, 6.07) is 10.8. The van der Waals surface area contributed by atoms with Crippen LogP contribution < -0.4 is 0 Å². The molecule has 0 bridgehead atoms. The zero-order valence-corrected chi connectivity index (χ0v) is 11.1. The topological polar surface area (TPSA) is 12.4 Å². The molecule has 0 saturated heterocycles. The highest BCUT2D eigenvalue weighted by atomic mass is 79.9. The summed E-state index contributed by atoms with van der Waals surface area (Å²) in [6.07, 6.45) is 1.05. The van der Waals surface area contributed by atoms with Crippen LogP contribution in [-0.4, -0.2) is 15.6 Å². The number of nitrogens with zero attached hydrogens (tertiary/aromatic N) is 1. The third-order valence-corrected chi connectivity index (χ3v) is 4.98. The molecular formula is C12H14BrNS. The first-order chi connectivity index (χ1) is 7.31. The number of hydrogen-bond donors (Lipinski definition) is 0. The normalized spacial score (nSPS) is 26.1. The Morgan fingerprint density at radius 3 is 2.80 bits per heavy atom. The van der Waals surface area contributed by atoms with Gasteiger partial charge in [-0.25, -0.2) is 0 Å². The van der Waals surface area contributed by atoms with Crippen LogP contribution in [0.1, 0.15) is 24.9 Å². The molecular weight excluding hydrogens is 270 g/mol. The van der Waals surface area contributed by atoms with Crippen molar-refractivity contribution in [1.82, 2.24) is 0 Å². The van der Waals surface area contributed by atoms with E-state index in [1.165, 1.54) is 10.6 Å². The molecule has 0 N–H and O–H groups in total. The van der Waals surface area contributed by atoms with E-state index in [0.717, 1.165) is 12.2 Å². The van der Waals surface area contributed by atoms with Crippen LogP contribution in [0, 0.1) is 0 Å². The van der Waals surface area contributed by atoms with E-state index in [1.54, 1.807) is 0 Å². The van der Waals surface area contributed by atoms with Gasteiger partial charge in [-0.05, 0) is 12.0 Å². The molecule has 0 fully saturated rings. The van der Waals surface area contributed by atoms with Crippen LogP contribution in [-0.2, 0) is 0 Å². The van der Waals surface area contributed by atoms with Gasteiger partial charge in [-0.1, -0.05) is 53.2 Å². The van der Waals surface area contributed by atoms with Crippen molar-refractivity contribution in [1.29, 1.82) is 0 Å². The predicted octanol–water partition coefficient (Wildman–Crippen LogP) is 4.05. The number of halogens is 1. The van der Waals surface area contributed by atoms with Crippen molar-refractivity contribution < 1.29 is 0 Å². The van der Waals surface area contributed by atoms with Gasteiger partial charge in [0.05, 0.1) is 15.9 Å². The largest absolute Gasteiger partial charge is 0.274 e. The van der Waals surface area contributed by atoms with Crippen molar-refractivity contribution in [2.45, 2.75) is 24.2 Å². The zero-order valence-electron chi connectivity index (χ0n) is 8.69. The quantitative estimate of drug-likeness (QED) is 0.746. The number of thioether (sulfide) groups is 1. The Bertz CT molecular complexity index is 350. The van der Waals surface area contributed by atoms with Gasteiger partial charge < -0.3 is 0 Å². The molecule has 1 aliphatic rings. The molecule has 2 rings (SSSR count). The third kappa shape index (κ3) is 2.64. The Hall–Kier alpha value is -0.280. The smallest absolute Gasteiger partial charge is 0.0891 e. The SMILES string of the molecule is CCC1=N[C@H](c2ccccc2)[C@@H](Br)CS1. The summed E-state index contributed by atoms with van der Waals surface area (Å²) in [4.78, 5) is 5.24. The maximum absolute atomic E-state index is 4.78. The van der Waals surface area contributed by atoms with Crippen LogP contribution in [0.15, 0.2) is 35.3 Å². The van der Waals surface area contributed by atoms with Crippen molar-refractivity contribution in [2.75, 3.05) is 5.75 Å². The van der Waals surface area contributed by atoms with E-state index >= 15 is 0 Å². The van der Waals surface area contributed by atoms with Crippen molar-refractivity contribution in [3.8, 4) is 0 Å². The van der Waals surface area contributed by atoms with Gasteiger partial charge in [0.15, 0.2) is 0 Å². The highest BCUT2D eigenvalue weighted by molar-refractivity contribution is 9.09. The van der Waals surface area contributed by atoms with Crippen molar-refractivity contribution in [3.05, 3.63) is 35.9 Å². The standard InChI is InChI=1S/C12H14BrNS/c1-2-11-14-12(10(13)8-15-11)9-6-4-3-5-7-9/h3-7,10,12H,2,8H2,1H3/t10-,12+/m0/s1. The fourth-order valence-corrected chi connectivity index (χ4v) is 3.41. The van der Waals surface area contributed by atoms with E-state index in [2.05, 4.69) is 53.2 Å². The van der Waals surface area contributed by atoms with Gasteiger partial charge in [-0.2, -0.15) is 0 Å². The summed E-state index contributed by atoms with van der Waals surface area (Å²) in [5.74, 6) is 1.12. The molecule has 80 valence electrons. The molecule has 0 spiro atoms. The van der Waals surface area contributed by atoms with E-state index in [-0.39, 0.29) is 0 Å². The third-order valence-electron chi connectivity index (χ3n) is 2.48. The van der Waals surface area contributed by atoms with E-state index in [0.29, 0.717) is 10.9 Å². The first kappa shape index (κ1) is 11.2. The van der Waals surface area contributed by atoms with Gasteiger partial charge in [0.1, 0.15) is 0 Å². The van der Waals surface area contributed by atoms with Gasteiger partial charge in [0, 0.05) is 5.75 Å². The molecule has 1 aliphatic heterocycles. The maximum Gasteiger partial charge on any atom is 0.0891 e. The molecule has 0 aliphatic carbocycles. The lowest BCUT2D eigenvalue weighted by atomic mass is 10.1. The minimum Gasteiger partial charge on any atom is -0.274 e. The molecule has 15 heavy (non-hydrogen) atoms. The van der Waals surface area contributed by atoms with Crippen LogP contribution >= 0.6 is 27.7 Å². The fraction of sp³-hybridized carbons (Fsp3) is 0.417. The van der Waals surface area contributed by atoms with Crippen LogP contribution in [0.5, 0.6) is 0 Å². The second kappa shape index (κ2) is 5.17. The van der Waals surface area contributed by atoms with Crippen LogP contribution in [0.25, 0.3) is 0 Å². The van der Waals surface area contributed by atoms with Gasteiger partial charge in [0.25, 0.3) is 0 Å². The number of alkyl halides is 1. The minimum absolute atomic E-state index is 0.294. The van der Waals surface area contributed by atoms with Gasteiger partial charge in [0.2, 0.25) is 0 Å². The lowest BCUT2D eigenvalue weighted by Gasteiger charge is -2.25. The van der Waals surface area contributed by atoms with Gasteiger partial charge >= 0.3 is 0 Å². The number of hydrogen-bond acceptors (Lipinski definition) is 2. The molecule has 0 unspecified atom stereocenters. The Labute approximate surface area is 104 Å². The lowest BCUT2D eigenvalue weighted by Crippen LogP contribution is -2.20. The van der Waals surface area contributed by atoms with Crippen molar-refractivity contribution in [3.63, 3.8) is 0 Å². The van der Waals surface area contributed by atoms with Crippen LogP contribution in [0.3, 0.4) is 0 Å². The molecule has 1 nitrogen and oxygen atoms in total. The first-order valence-corrected chi connectivity index (χ1v) is 7.10. The second-order valence-electron chi connectivity index (χ2n) is 3.56. The second-order valence-corrected chi connectivity index (χ2v) is 5.83. The maximum atomic E-state index is 4.78. The molecule has 1 heterocycles. The van der Waals surface area contributed by atoms with E-state index in [1.807, 2.05) is 11.8 Å². The molecule has 1 aromatic carbocycles. The molecule has 0 amide bonds. The summed E-state index contributed by atoms with van der Waals surface area (Å²) in [5.41, 5.74) is 1.31.